The highest BCUT2D eigenvalue weighted by molar-refractivity contribution is 5.97. The molecule has 1 aromatic rings. The monoisotopic (exact) mass is 399 g/mol. The van der Waals surface area contributed by atoms with E-state index in [1.54, 1.807) is 6.07 Å². The first-order valence-electron chi connectivity index (χ1n) is 9.48. The highest BCUT2D eigenvalue weighted by atomic mass is 35.5. The van der Waals surface area contributed by atoms with Crippen molar-refractivity contribution < 1.29 is 14.0 Å². The molecular weight excluding hydrogens is 369 g/mol. The van der Waals surface area contributed by atoms with Crippen LogP contribution in [0.1, 0.15) is 44.0 Å². The molecule has 0 bridgehead atoms. The van der Waals surface area contributed by atoms with E-state index < -0.39 is 17.8 Å². The van der Waals surface area contributed by atoms with Gasteiger partial charge in [0.2, 0.25) is 5.91 Å². The summed E-state index contributed by atoms with van der Waals surface area (Å²) >= 11 is 0. The summed E-state index contributed by atoms with van der Waals surface area (Å²) in [6, 6.07) is 5.18. The van der Waals surface area contributed by atoms with E-state index in [1.165, 1.54) is 18.2 Å². The minimum atomic E-state index is -0.646. The van der Waals surface area contributed by atoms with Crippen LogP contribution in [0.2, 0.25) is 0 Å². The normalized spacial score (nSPS) is 16.0. The van der Waals surface area contributed by atoms with Gasteiger partial charge in [0, 0.05) is 13.1 Å². The van der Waals surface area contributed by atoms with E-state index in [0.717, 1.165) is 25.9 Å². The lowest BCUT2D eigenvalue weighted by atomic mass is 9.95. The van der Waals surface area contributed by atoms with Crippen molar-refractivity contribution in [3.63, 3.8) is 0 Å². The highest BCUT2D eigenvalue weighted by Gasteiger charge is 2.31. The Morgan fingerprint density at radius 2 is 1.85 bits per heavy atom. The molecule has 152 valence electrons. The van der Waals surface area contributed by atoms with Gasteiger partial charge < -0.3 is 15.5 Å². The second kappa shape index (κ2) is 11.2. The molecule has 1 saturated heterocycles. The third-order valence-corrected chi connectivity index (χ3v) is 4.95. The summed E-state index contributed by atoms with van der Waals surface area (Å²) in [6.45, 7) is 9.21. The number of carbonyl (C=O) groups is 2. The number of benzene rings is 1. The van der Waals surface area contributed by atoms with Crippen molar-refractivity contribution in [3.05, 3.63) is 35.6 Å². The Balaban J connectivity index is 0.00000364. The molecule has 27 heavy (non-hydrogen) atoms. The second-order valence-electron chi connectivity index (χ2n) is 7.25. The fourth-order valence-corrected chi connectivity index (χ4v) is 3.28. The van der Waals surface area contributed by atoms with Crippen molar-refractivity contribution in [2.24, 2.45) is 11.8 Å². The van der Waals surface area contributed by atoms with E-state index in [1.807, 2.05) is 18.7 Å². The Bertz CT molecular complexity index is 619. The Kier molecular flexibility index (Phi) is 9.74. The van der Waals surface area contributed by atoms with Crippen molar-refractivity contribution in [2.45, 2.75) is 39.7 Å². The number of piperidine rings is 1. The summed E-state index contributed by atoms with van der Waals surface area (Å²) in [6.07, 6.45) is 1.93. The van der Waals surface area contributed by atoms with Gasteiger partial charge >= 0.3 is 0 Å². The van der Waals surface area contributed by atoms with E-state index >= 15 is 0 Å². The van der Waals surface area contributed by atoms with E-state index in [0.29, 0.717) is 19.0 Å². The first-order valence-corrected chi connectivity index (χ1v) is 9.48. The van der Waals surface area contributed by atoms with Crippen LogP contribution < -0.4 is 10.6 Å². The van der Waals surface area contributed by atoms with Gasteiger partial charge in [0.15, 0.2) is 0 Å². The van der Waals surface area contributed by atoms with Gasteiger partial charge in [-0.15, -0.1) is 12.4 Å². The molecule has 1 aliphatic rings. The predicted molar refractivity (Wildman–Crippen MR) is 108 cm³/mol. The average molecular weight is 400 g/mol. The summed E-state index contributed by atoms with van der Waals surface area (Å²) in [5.74, 6) is -0.685. The Hall–Kier alpha value is -1.66. The molecule has 0 aliphatic carbocycles. The number of carbonyl (C=O) groups excluding carboxylic acids is 2. The molecule has 2 rings (SSSR count). The van der Waals surface area contributed by atoms with Gasteiger partial charge in [-0.1, -0.05) is 32.9 Å². The fraction of sp³-hybridized carbons (Fsp3) is 0.600. The standard InChI is InChI=1S/C20H30FN3O2.ClH/c1-4-22-13-15-9-11-24(12-10-15)20(26)18(14(2)3)23-19(25)16-7-5-6-8-17(16)21;/h5-8,14-15,18,22H,4,9-13H2,1-3H3,(H,23,25);1H. The molecule has 0 radical (unpaired) electrons. The van der Waals surface area contributed by atoms with Gasteiger partial charge in [0.05, 0.1) is 5.56 Å². The molecule has 7 heteroatoms. The molecule has 0 saturated carbocycles. The first-order chi connectivity index (χ1) is 12.4. The van der Waals surface area contributed by atoms with Crippen molar-refractivity contribution in [2.75, 3.05) is 26.2 Å². The summed E-state index contributed by atoms with van der Waals surface area (Å²) in [7, 11) is 0. The average Bonchev–Trinajstić information content (AvgIpc) is 2.64. The lowest BCUT2D eigenvalue weighted by Crippen LogP contribution is -2.53. The number of amides is 2. The van der Waals surface area contributed by atoms with Crippen molar-refractivity contribution in [1.29, 1.82) is 0 Å². The number of nitrogens with one attached hydrogen (secondary N) is 2. The third-order valence-electron chi connectivity index (χ3n) is 4.95. The number of nitrogens with zero attached hydrogens (tertiary/aromatic N) is 1. The van der Waals surface area contributed by atoms with Crippen LogP contribution in [-0.2, 0) is 4.79 Å². The zero-order valence-electron chi connectivity index (χ0n) is 16.3. The summed E-state index contributed by atoms with van der Waals surface area (Å²) < 4.78 is 13.8. The van der Waals surface area contributed by atoms with Crippen LogP contribution in [0.25, 0.3) is 0 Å². The van der Waals surface area contributed by atoms with E-state index in [9.17, 15) is 14.0 Å². The van der Waals surface area contributed by atoms with E-state index in [2.05, 4.69) is 17.6 Å². The highest BCUT2D eigenvalue weighted by Crippen LogP contribution is 2.19. The maximum absolute atomic E-state index is 13.8. The third kappa shape index (κ3) is 6.47. The van der Waals surface area contributed by atoms with Crippen LogP contribution in [0, 0.1) is 17.7 Å². The second-order valence-corrected chi connectivity index (χ2v) is 7.25. The molecule has 1 fully saturated rings. The number of halogens is 2. The zero-order valence-corrected chi connectivity index (χ0v) is 17.2. The molecule has 0 aromatic heterocycles. The fourth-order valence-electron chi connectivity index (χ4n) is 3.28. The van der Waals surface area contributed by atoms with Crippen LogP contribution in [0.3, 0.4) is 0 Å². The topological polar surface area (TPSA) is 61.4 Å². The molecule has 5 nitrogen and oxygen atoms in total. The van der Waals surface area contributed by atoms with Crippen LogP contribution in [0.5, 0.6) is 0 Å². The Morgan fingerprint density at radius 3 is 2.41 bits per heavy atom. The molecule has 2 amide bonds. The lowest BCUT2D eigenvalue weighted by molar-refractivity contribution is -0.135. The molecular formula is C20H31ClFN3O2. The maximum atomic E-state index is 13.8. The molecule has 1 unspecified atom stereocenters. The zero-order chi connectivity index (χ0) is 19.1. The van der Waals surface area contributed by atoms with E-state index in [4.69, 9.17) is 0 Å². The minimum Gasteiger partial charge on any atom is -0.341 e. The van der Waals surface area contributed by atoms with Gasteiger partial charge in [-0.05, 0) is 49.9 Å². The predicted octanol–water partition coefficient (Wildman–Crippen LogP) is 2.85. The first kappa shape index (κ1) is 23.4. The molecule has 1 atom stereocenters. The Labute approximate surface area is 167 Å². The number of likely N-dealkylation sites (tertiary alicyclic amines) is 1. The van der Waals surface area contributed by atoms with Crippen molar-refractivity contribution >= 4 is 24.2 Å². The lowest BCUT2D eigenvalue weighted by Gasteiger charge is -2.35. The van der Waals surface area contributed by atoms with Gasteiger partial charge in [-0.25, -0.2) is 4.39 Å². The van der Waals surface area contributed by atoms with Gasteiger partial charge in [-0.2, -0.15) is 0 Å². The minimum absolute atomic E-state index is 0. The van der Waals surface area contributed by atoms with Crippen LogP contribution in [0.15, 0.2) is 24.3 Å². The largest absolute Gasteiger partial charge is 0.341 e. The Morgan fingerprint density at radius 1 is 1.22 bits per heavy atom. The SMILES string of the molecule is CCNCC1CCN(C(=O)C(NC(=O)c2ccccc2F)C(C)C)CC1.Cl. The van der Waals surface area contributed by atoms with Gasteiger partial charge in [-0.3, -0.25) is 9.59 Å². The van der Waals surface area contributed by atoms with Gasteiger partial charge in [0.1, 0.15) is 11.9 Å². The molecule has 1 heterocycles. The number of hydrogen-bond acceptors (Lipinski definition) is 3. The molecule has 1 aliphatic heterocycles. The summed E-state index contributed by atoms with van der Waals surface area (Å²) in [5.41, 5.74) is -0.0321. The van der Waals surface area contributed by atoms with Crippen LogP contribution >= 0.6 is 12.4 Å². The number of rotatable bonds is 7. The molecule has 1 aromatic carbocycles. The quantitative estimate of drug-likeness (QED) is 0.741. The number of hydrogen-bond donors (Lipinski definition) is 2. The summed E-state index contributed by atoms with van der Waals surface area (Å²) in [5, 5.41) is 6.09. The van der Waals surface area contributed by atoms with Crippen molar-refractivity contribution in [3.8, 4) is 0 Å². The molecule has 2 N–H and O–H groups in total. The van der Waals surface area contributed by atoms with Crippen molar-refractivity contribution in [1.82, 2.24) is 15.5 Å². The maximum Gasteiger partial charge on any atom is 0.254 e. The van der Waals surface area contributed by atoms with Crippen LogP contribution in [-0.4, -0.2) is 48.9 Å². The summed E-state index contributed by atoms with van der Waals surface area (Å²) in [4.78, 5) is 27.1. The molecule has 0 spiro atoms. The smallest absolute Gasteiger partial charge is 0.254 e. The van der Waals surface area contributed by atoms with Gasteiger partial charge in [0.25, 0.3) is 5.91 Å². The van der Waals surface area contributed by atoms with Crippen LogP contribution in [0.4, 0.5) is 4.39 Å². The van der Waals surface area contributed by atoms with E-state index in [-0.39, 0.29) is 29.8 Å².